The molecule has 0 bridgehead atoms. The summed E-state index contributed by atoms with van der Waals surface area (Å²) in [5.41, 5.74) is 2.94. The van der Waals surface area contributed by atoms with E-state index in [0.717, 1.165) is 16.5 Å². The second-order valence-electron chi connectivity index (χ2n) is 12.0. The van der Waals surface area contributed by atoms with Crippen molar-refractivity contribution in [1.29, 1.82) is 0 Å². The molecule has 0 radical (unpaired) electrons. The number of nitrogens with zero attached hydrogens (tertiary/aromatic N) is 2. The number of aromatic nitrogens is 1. The molecule has 9 nitrogen and oxygen atoms in total. The Morgan fingerprint density at radius 3 is 2.42 bits per heavy atom. The lowest BCUT2D eigenvalue weighted by Crippen LogP contribution is -2.40. The number of ether oxygens (including phenoxy) is 5. The van der Waals surface area contributed by atoms with Crippen LogP contribution in [0.15, 0.2) is 99.9 Å². The van der Waals surface area contributed by atoms with Crippen molar-refractivity contribution in [3.05, 3.63) is 127 Å². The molecule has 5 aromatic rings. The summed E-state index contributed by atoms with van der Waals surface area (Å²) in [6, 6.07) is 24.7. The first-order valence-corrected chi connectivity index (χ1v) is 17.4. The number of carbonyl (C=O) groups excluding carboxylic acids is 1. The van der Waals surface area contributed by atoms with Crippen molar-refractivity contribution in [1.82, 2.24) is 4.57 Å². The second-order valence-corrected chi connectivity index (χ2v) is 13.0. The SMILES string of the molecule is CCOC(=O)C1=C(C)N=c2s/c(=C\c3ccc(OCc4ccc5ccccc5c4)c(OCC)c3)c(=O)n2[C@H]1c1ccc(OC(C)C)c(OC)c1. The Hall–Kier alpha value is -5.35. The Morgan fingerprint density at radius 1 is 0.900 bits per heavy atom. The molecule has 0 saturated heterocycles. The first-order valence-electron chi connectivity index (χ1n) is 16.6. The molecule has 1 aliphatic rings. The van der Waals surface area contributed by atoms with Crippen LogP contribution in [0.3, 0.4) is 0 Å². The highest BCUT2D eigenvalue weighted by Crippen LogP contribution is 2.37. The van der Waals surface area contributed by atoms with Crippen LogP contribution in [0.25, 0.3) is 16.8 Å². The van der Waals surface area contributed by atoms with Crippen LogP contribution in [-0.2, 0) is 16.1 Å². The molecule has 6 rings (SSSR count). The molecule has 1 atom stereocenters. The third-order valence-electron chi connectivity index (χ3n) is 8.16. The molecule has 0 N–H and O–H groups in total. The molecule has 10 heteroatoms. The lowest BCUT2D eigenvalue weighted by molar-refractivity contribution is -0.139. The normalized spacial score (nSPS) is 14.4. The molecular formula is C40H40N2O7S. The van der Waals surface area contributed by atoms with Gasteiger partial charge in [0.05, 0.1) is 48.3 Å². The molecule has 258 valence electrons. The maximum absolute atomic E-state index is 14.2. The number of esters is 1. The van der Waals surface area contributed by atoms with Crippen molar-refractivity contribution < 1.29 is 28.5 Å². The zero-order chi connectivity index (χ0) is 35.4. The fourth-order valence-electron chi connectivity index (χ4n) is 5.96. The highest BCUT2D eigenvalue weighted by Gasteiger charge is 2.34. The number of fused-ring (bicyclic) bond motifs is 2. The fraction of sp³-hybridized carbons (Fsp3) is 0.275. The summed E-state index contributed by atoms with van der Waals surface area (Å²) in [5, 5.41) is 2.33. The number of carbonyl (C=O) groups is 1. The monoisotopic (exact) mass is 692 g/mol. The zero-order valence-electron chi connectivity index (χ0n) is 29.0. The minimum Gasteiger partial charge on any atom is -0.493 e. The third-order valence-corrected chi connectivity index (χ3v) is 9.14. The molecule has 2 heterocycles. The number of hydrogen-bond acceptors (Lipinski definition) is 9. The second kappa shape index (κ2) is 15.0. The van der Waals surface area contributed by atoms with Gasteiger partial charge in [-0.1, -0.05) is 59.9 Å². The van der Waals surface area contributed by atoms with Gasteiger partial charge in [-0.2, -0.15) is 0 Å². The van der Waals surface area contributed by atoms with Crippen molar-refractivity contribution >= 4 is 34.2 Å². The Balaban J connectivity index is 1.38. The number of hydrogen-bond donors (Lipinski definition) is 0. The number of methoxy groups -OCH3 is 1. The lowest BCUT2D eigenvalue weighted by atomic mass is 9.95. The summed E-state index contributed by atoms with van der Waals surface area (Å²) in [7, 11) is 1.56. The first kappa shape index (κ1) is 34.5. The predicted octanol–water partition coefficient (Wildman–Crippen LogP) is 6.73. The van der Waals surface area contributed by atoms with E-state index in [9.17, 15) is 9.59 Å². The zero-order valence-corrected chi connectivity index (χ0v) is 29.8. The van der Waals surface area contributed by atoms with E-state index in [1.165, 1.54) is 16.7 Å². The van der Waals surface area contributed by atoms with Crippen LogP contribution < -0.4 is 33.8 Å². The van der Waals surface area contributed by atoms with Gasteiger partial charge in [-0.15, -0.1) is 0 Å². The van der Waals surface area contributed by atoms with Gasteiger partial charge in [0.2, 0.25) is 0 Å². The average Bonchev–Trinajstić information content (AvgIpc) is 3.40. The van der Waals surface area contributed by atoms with Crippen molar-refractivity contribution in [3.63, 3.8) is 0 Å². The Bertz CT molecular complexity index is 2270. The molecule has 0 saturated carbocycles. The van der Waals surface area contributed by atoms with Crippen LogP contribution in [0.4, 0.5) is 0 Å². The molecule has 0 spiro atoms. The van der Waals surface area contributed by atoms with Gasteiger partial charge in [-0.25, -0.2) is 9.79 Å². The highest BCUT2D eigenvalue weighted by molar-refractivity contribution is 7.07. The van der Waals surface area contributed by atoms with Crippen LogP contribution in [0.1, 0.15) is 57.4 Å². The molecule has 0 fully saturated rings. The Kier molecular flexibility index (Phi) is 10.4. The van der Waals surface area contributed by atoms with E-state index in [2.05, 4.69) is 30.3 Å². The summed E-state index contributed by atoms with van der Waals surface area (Å²) < 4.78 is 31.2. The molecule has 1 aromatic heterocycles. The van der Waals surface area contributed by atoms with E-state index in [1.807, 2.05) is 57.2 Å². The Labute approximate surface area is 294 Å². The van der Waals surface area contributed by atoms with Crippen LogP contribution >= 0.6 is 11.3 Å². The molecule has 4 aromatic carbocycles. The highest BCUT2D eigenvalue weighted by atomic mass is 32.1. The number of rotatable bonds is 12. The van der Waals surface area contributed by atoms with E-state index in [0.29, 0.717) is 56.8 Å². The van der Waals surface area contributed by atoms with Crippen molar-refractivity contribution in [2.75, 3.05) is 20.3 Å². The lowest BCUT2D eigenvalue weighted by Gasteiger charge is -2.25. The molecule has 1 aliphatic heterocycles. The largest absolute Gasteiger partial charge is 0.493 e. The van der Waals surface area contributed by atoms with Gasteiger partial charge in [-0.05, 0) is 98.5 Å². The van der Waals surface area contributed by atoms with Crippen molar-refractivity contribution in [2.24, 2.45) is 4.99 Å². The minimum absolute atomic E-state index is 0.0712. The van der Waals surface area contributed by atoms with E-state index in [-0.39, 0.29) is 23.8 Å². The minimum atomic E-state index is -0.792. The predicted molar refractivity (Wildman–Crippen MR) is 195 cm³/mol. The van der Waals surface area contributed by atoms with Crippen LogP contribution in [0, 0.1) is 0 Å². The van der Waals surface area contributed by atoms with Gasteiger partial charge >= 0.3 is 5.97 Å². The molecule has 0 amide bonds. The quantitative estimate of drug-likeness (QED) is 0.134. The third kappa shape index (κ3) is 7.16. The summed E-state index contributed by atoms with van der Waals surface area (Å²) in [4.78, 5) is 32.8. The Morgan fingerprint density at radius 2 is 1.68 bits per heavy atom. The van der Waals surface area contributed by atoms with Gasteiger partial charge in [0.25, 0.3) is 5.56 Å². The first-order chi connectivity index (χ1) is 24.2. The van der Waals surface area contributed by atoms with Crippen LogP contribution in [-0.4, -0.2) is 37.0 Å². The molecular weight excluding hydrogens is 653 g/mol. The van der Waals surface area contributed by atoms with Gasteiger partial charge in [0, 0.05) is 0 Å². The van der Waals surface area contributed by atoms with E-state index in [1.54, 1.807) is 43.7 Å². The smallest absolute Gasteiger partial charge is 0.338 e. The standard InChI is InChI=1S/C40H40N2O7S/c1-7-46-34-20-26(14-17-31(34)48-23-27-13-15-28-11-9-10-12-29(28)19-27)21-35-38(43)42-37(30-16-18-32(49-24(3)4)33(22-30)45-6)36(39(44)47-8-2)25(5)41-40(42)50-35/h9-22,24,37H,7-8,23H2,1-6H3/b35-21-/t37-/m0/s1. The average molecular weight is 693 g/mol. The van der Waals surface area contributed by atoms with E-state index >= 15 is 0 Å². The maximum Gasteiger partial charge on any atom is 0.338 e. The van der Waals surface area contributed by atoms with Gasteiger partial charge in [0.1, 0.15) is 6.61 Å². The molecule has 0 unspecified atom stereocenters. The summed E-state index contributed by atoms with van der Waals surface area (Å²) in [6.45, 7) is 10.3. The summed E-state index contributed by atoms with van der Waals surface area (Å²) in [5.74, 6) is 1.70. The summed E-state index contributed by atoms with van der Waals surface area (Å²) in [6.07, 6.45) is 1.73. The number of benzene rings is 4. The molecule has 0 aliphatic carbocycles. The van der Waals surface area contributed by atoms with Gasteiger partial charge in [-0.3, -0.25) is 9.36 Å². The van der Waals surface area contributed by atoms with Crippen molar-refractivity contribution in [3.8, 4) is 23.0 Å². The topological polar surface area (TPSA) is 97.6 Å². The van der Waals surface area contributed by atoms with Crippen molar-refractivity contribution in [2.45, 2.75) is 53.4 Å². The number of allylic oxidation sites excluding steroid dienone is 1. The fourth-order valence-corrected chi connectivity index (χ4v) is 7.00. The van der Waals surface area contributed by atoms with Gasteiger partial charge in [0.15, 0.2) is 27.8 Å². The van der Waals surface area contributed by atoms with Crippen LogP contribution in [0.5, 0.6) is 23.0 Å². The van der Waals surface area contributed by atoms with E-state index < -0.39 is 12.0 Å². The summed E-state index contributed by atoms with van der Waals surface area (Å²) >= 11 is 1.25. The number of thiazole rings is 1. The van der Waals surface area contributed by atoms with Gasteiger partial charge < -0.3 is 23.7 Å². The maximum atomic E-state index is 14.2. The molecule has 50 heavy (non-hydrogen) atoms. The van der Waals surface area contributed by atoms with E-state index in [4.69, 9.17) is 28.7 Å². The van der Waals surface area contributed by atoms with Crippen LogP contribution in [0.2, 0.25) is 0 Å².